The maximum atomic E-state index is 5.41. The second-order valence-corrected chi connectivity index (χ2v) is 5.96. The smallest absolute Gasteiger partial charge is 0.0483 e. The molecule has 0 atom stereocenters. The van der Waals surface area contributed by atoms with Crippen molar-refractivity contribution in [3.8, 4) is 0 Å². The Morgan fingerprint density at radius 3 is 2.71 bits per heavy atom. The Kier molecular flexibility index (Phi) is 4.23. The van der Waals surface area contributed by atoms with E-state index < -0.39 is 0 Å². The van der Waals surface area contributed by atoms with Gasteiger partial charge in [0, 0.05) is 29.8 Å². The van der Waals surface area contributed by atoms with Gasteiger partial charge in [0.25, 0.3) is 0 Å². The van der Waals surface area contributed by atoms with Gasteiger partial charge in [-0.3, -0.25) is 0 Å². The second kappa shape index (κ2) is 5.51. The maximum Gasteiger partial charge on any atom is 0.0483 e. The highest BCUT2D eigenvalue weighted by molar-refractivity contribution is 9.10. The van der Waals surface area contributed by atoms with Crippen LogP contribution in [-0.2, 0) is 11.3 Å². The number of rotatable bonds is 3. The Morgan fingerprint density at radius 2 is 2.06 bits per heavy atom. The minimum absolute atomic E-state index is 0.235. The van der Waals surface area contributed by atoms with Crippen molar-refractivity contribution < 1.29 is 4.74 Å². The molecular weight excluding hydrogens is 278 g/mol. The molecule has 1 saturated heterocycles. The van der Waals surface area contributed by atoms with E-state index >= 15 is 0 Å². The third-order valence-electron chi connectivity index (χ3n) is 3.54. The molecule has 1 fully saturated rings. The third kappa shape index (κ3) is 3.54. The van der Waals surface area contributed by atoms with Gasteiger partial charge in [0.15, 0.2) is 0 Å². The highest BCUT2D eigenvalue weighted by Gasteiger charge is 2.26. The minimum Gasteiger partial charge on any atom is -0.381 e. The van der Waals surface area contributed by atoms with Gasteiger partial charge in [0.1, 0.15) is 0 Å². The minimum atomic E-state index is 0.235. The Labute approximate surface area is 112 Å². The first kappa shape index (κ1) is 13.1. The lowest BCUT2D eigenvalue weighted by Crippen LogP contribution is -2.46. The van der Waals surface area contributed by atoms with E-state index in [1.807, 2.05) is 0 Å². The molecule has 1 N–H and O–H groups in total. The van der Waals surface area contributed by atoms with Crippen molar-refractivity contribution in [2.24, 2.45) is 0 Å². The van der Waals surface area contributed by atoms with Gasteiger partial charge in [-0.2, -0.15) is 0 Å². The van der Waals surface area contributed by atoms with Crippen molar-refractivity contribution in [3.63, 3.8) is 0 Å². The zero-order chi connectivity index (χ0) is 12.3. The van der Waals surface area contributed by atoms with Gasteiger partial charge in [-0.15, -0.1) is 0 Å². The fourth-order valence-corrected chi connectivity index (χ4v) is 2.38. The molecule has 94 valence electrons. The van der Waals surface area contributed by atoms with Gasteiger partial charge in [-0.05, 0) is 43.9 Å². The predicted octanol–water partition coefficient (Wildman–Crippen LogP) is 3.42. The first-order valence-electron chi connectivity index (χ1n) is 6.17. The number of aryl methyl sites for hydroxylation is 1. The number of hydrogen-bond acceptors (Lipinski definition) is 2. The summed E-state index contributed by atoms with van der Waals surface area (Å²) in [5.74, 6) is 0. The van der Waals surface area contributed by atoms with Crippen LogP contribution in [-0.4, -0.2) is 18.8 Å². The standard InChI is InChI=1S/C14H20BrNO/c1-11-9-12(3-4-13(11)15)10-16-14(2)5-7-17-8-6-14/h3-4,9,16H,5-8,10H2,1-2H3. The van der Waals surface area contributed by atoms with Gasteiger partial charge in [0.2, 0.25) is 0 Å². The van der Waals surface area contributed by atoms with Crippen molar-refractivity contribution in [3.05, 3.63) is 33.8 Å². The molecule has 0 saturated carbocycles. The number of benzene rings is 1. The summed E-state index contributed by atoms with van der Waals surface area (Å²) in [6.45, 7) is 7.11. The Bertz CT molecular complexity index is 386. The first-order valence-corrected chi connectivity index (χ1v) is 6.96. The average molecular weight is 298 g/mol. The summed E-state index contributed by atoms with van der Waals surface area (Å²) in [6, 6.07) is 6.53. The molecule has 2 nitrogen and oxygen atoms in total. The Morgan fingerprint density at radius 1 is 1.35 bits per heavy atom. The van der Waals surface area contributed by atoms with Gasteiger partial charge >= 0.3 is 0 Å². The van der Waals surface area contributed by atoms with Crippen molar-refractivity contribution in [2.45, 2.75) is 38.8 Å². The fourth-order valence-electron chi connectivity index (χ4n) is 2.13. The molecule has 1 aliphatic heterocycles. The van der Waals surface area contributed by atoms with E-state index in [9.17, 15) is 0 Å². The molecule has 0 aromatic heterocycles. The summed E-state index contributed by atoms with van der Waals surface area (Å²) in [5, 5.41) is 3.67. The summed E-state index contributed by atoms with van der Waals surface area (Å²) >= 11 is 3.53. The zero-order valence-electron chi connectivity index (χ0n) is 10.6. The van der Waals surface area contributed by atoms with E-state index in [0.717, 1.165) is 32.6 Å². The second-order valence-electron chi connectivity index (χ2n) is 5.11. The van der Waals surface area contributed by atoms with E-state index in [4.69, 9.17) is 4.74 Å². The first-order chi connectivity index (χ1) is 8.09. The third-order valence-corrected chi connectivity index (χ3v) is 4.43. The lowest BCUT2D eigenvalue weighted by atomic mass is 9.92. The molecule has 0 unspecified atom stereocenters. The van der Waals surface area contributed by atoms with Gasteiger partial charge in [0.05, 0.1) is 0 Å². The summed E-state index contributed by atoms with van der Waals surface area (Å²) < 4.78 is 6.58. The quantitative estimate of drug-likeness (QED) is 0.923. The van der Waals surface area contributed by atoms with Crippen LogP contribution in [0, 0.1) is 6.92 Å². The molecule has 1 aromatic rings. The molecule has 0 radical (unpaired) electrons. The molecule has 1 aromatic carbocycles. The molecule has 3 heteroatoms. The van der Waals surface area contributed by atoms with E-state index in [-0.39, 0.29) is 5.54 Å². The summed E-state index contributed by atoms with van der Waals surface area (Å²) in [7, 11) is 0. The summed E-state index contributed by atoms with van der Waals surface area (Å²) in [6.07, 6.45) is 2.20. The van der Waals surface area contributed by atoms with Crippen LogP contribution in [0.3, 0.4) is 0 Å². The van der Waals surface area contributed by atoms with E-state index in [2.05, 4.69) is 53.3 Å². The van der Waals surface area contributed by atoms with Gasteiger partial charge in [-0.25, -0.2) is 0 Å². The molecule has 17 heavy (non-hydrogen) atoms. The topological polar surface area (TPSA) is 21.3 Å². The van der Waals surface area contributed by atoms with Crippen molar-refractivity contribution in [1.82, 2.24) is 5.32 Å². The van der Waals surface area contributed by atoms with Crippen LogP contribution in [0.2, 0.25) is 0 Å². The van der Waals surface area contributed by atoms with Crippen molar-refractivity contribution in [1.29, 1.82) is 0 Å². The SMILES string of the molecule is Cc1cc(CNC2(C)CCOCC2)ccc1Br. The Balaban J connectivity index is 1.94. The summed E-state index contributed by atoms with van der Waals surface area (Å²) in [4.78, 5) is 0. The molecule has 0 amide bonds. The largest absolute Gasteiger partial charge is 0.381 e. The predicted molar refractivity (Wildman–Crippen MR) is 74.2 cm³/mol. The molecule has 0 bridgehead atoms. The van der Waals surface area contributed by atoms with Crippen LogP contribution < -0.4 is 5.32 Å². The van der Waals surface area contributed by atoms with Gasteiger partial charge in [-0.1, -0.05) is 28.1 Å². The van der Waals surface area contributed by atoms with E-state index in [1.54, 1.807) is 0 Å². The molecular formula is C14H20BrNO. The van der Waals surface area contributed by atoms with Crippen LogP contribution in [0.4, 0.5) is 0 Å². The van der Waals surface area contributed by atoms with Gasteiger partial charge < -0.3 is 10.1 Å². The number of halogens is 1. The molecule has 1 heterocycles. The highest BCUT2D eigenvalue weighted by Crippen LogP contribution is 2.21. The molecule has 1 aliphatic rings. The van der Waals surface area contributed by atoms with Crippen LogP contribution in [0.5, 0.6) is 0 Å². The lowest BCUT2D eigenvalue weighted by molar-refractivity contribution is 0.0446. The van der Waals surface area contributed by atoms with Crippen molar-refractivity contribution in [2.75, 3.05) is 13.2 Å². The summed E-state index contributed by atoms with van der Waals surface area (Å²) in [5.41, 5.74) is 2.87. The fraction of sp³-hybridized carbons (Fsp3) is 0.571. The number of ether oxygens (including phenoxy) is 1. The molecule has 2 rings (SSSR count). The zero-order valence-corrected chi connectivity index (χ0v) is 12.1. The Hall–Kier alpha value is -0.380. The van der Waals surface area contributed by atoms with Crippen LogP contribution in [0.25, 0.3) is 0 Å². The normalized spacial score (nSPS) is 19.2. The lowest BCUT2D eigenvalue weighted by Gasteiger charge is -2.34. The van der Waals surface area contributed by atoms with Crippen LogP contribution in [0.1, 0.15) is 30.9 Å². The molecule has 0 aliphatic carbocycles. The average Bonchev–Trinajstić information content (AvgIpc) is 2.32. The van der Waals surface area contributed by atoms with Crippen molar-refractivity contribution >= 4 is 15.9 Å². The van der Waals surface area contributed by atoms with E-state index in [1.165, 1.54) is 15.6 Å². The number of nitrogens with one attached hydrogen (secondary N) is 1. The van der Waals surface area contributed by atoms with E-state index in [0.29, 0.717) is 0 Å². The number of hydrogen-bond donors (Lipinski definition) is 1. The van der Waals surface area contributed by atoms with Crippen LogP contribution in [0.15, 0.2) is 22.7 Å². The monoisotopic (exact) mass is 297 g/mol. The highest BCUT2D eigenvalue weighted by atomic mass is 79.9. The van der Waals surface area contributed by atoms with Crippen LogP contribution >= 0.6 is 15.9 Å². The molecule has 0 spiro atoms. The maximum absolute atomic E-state index is 5.41.